The molecule has 172 valence electrons. The number of benzene rings is 1. The van der Waals surface area contributed by atoms with Crippen LogP contribution in [0.25, 0.3) is 0 Å². The smallest absolute Gasteiger partial charge is 0.406 e. The van der Waals surface area contributed by atoms with Gasteiger partial charge in [-0.05, 0) is 31.0 Å². The van der Waals surface area contributed by atoms with Gasteiger partial charge in [0.2, 0.25) is 15.9 Å². The van der Waals surface area contributed by atoms with E-state index in [-0.39, 0.29) is 42.2 Å². The first kappa shape index (κ1) is 23.4. The van der Waals surface area contributed by atoms with Crippen LogP contribution < -0.4 is 10.1 Å². The van der Waals surface area contributed by atoms with Gasteiger partial charge in [-0.1, -0.05) is 6.07 Å². The Morgan fingerprint density at radius 1 is 1.25 bits per heavy atom. The number of hydrogen-bond acceptors (Lipinski definition) is 7. The largest absolute Gasteiger partial charge is 0.573 e. The zero-order valence-electron chi connectivity index (χ0n) is 16.3. The summed E-state index contributed by atoms with van der Waals surface area (Å²) < 4.78 is 67.7. The van der Waals surface area contributed by atoms with E-state index in [4.69, 9.17) is 0 Å². The number of piperidine rings is 1. The molecular weight excluding hydrogens is 457 g/mol. The molecule has 0 spiro atoms. The Morgan fingerprint density at radius 2 is 1.94 bits per heavy atom. The van der Waals surface area contributed by atoms with E-state index in [1.807, 2.05) is 0 Å². The van der Waals surface area contributed by atoms with Crippen molar-refractivity contribution < 1.29 is 36.0 Å². The minimum absolute atomic E-state index is 0.0217. The number of pyridine rings is 1. The second kappa shape index (κ2) is 9.08. The molecule has 1 aromatic heterocycles. The number of nitrogens with one attached hydrogen (secondary N) is 1. The summed E-state index contributed by atoms with van der Waals surface area (Å²) in [5.74, 6) is -1.77. The number of anilines is 1. The maximum Gasteiger partial charge on any atom is 0.573 e. The number of carbonyl (C=O) groups excluding carboxylic acids is 1. The number of alkyl halides is 3. The molecule has 1 saturated heterocycles. The van der Waals surface area contributed by atoms with Crippen molar-refractivity contribution in [1.29, 1.82) is 0 Å². The Bertz CT molecular complexity index is 1120. The van der Waals surface area contributed by atoms with Crippen LogP contribution in [0.3, 0.4) is 0 Å². The zero-order chi connectivity index (χ0) is 23.5. The lowest BCUT2D eigenvalue weighted by atomic mass is 9.97. The Labute approximate surface area is 180 Å². The number of sulfonamides is 1. The molecule has 10 nitrogen and oxygen atoms in total. The van der Waals surface area contributed by atoms with E-state index in [0.717, 1.165) is 34.8 Å². The number of nitrogens with zero attached hydrogens (tertiary/aromatic N) is 3. The molecule has 3 rings (SSSR count). The minimum Gasteiger partial charge on any atom is -0.406 e. The average molecular weight is 474 g/mol. The minimum atomic E-state index is -4.96. The normalized spacial score (nSPS) is 15.8. The third kappa shape index (κ3) is 5.50. The van der Waals surface area contributed by atoms with Gasteiger partial charge in [0.05, 0.1) is 9.82 Å². The maximum absolute atomic E-state index is 12.8. The number of nitro groups is 1. The molecule has 2 aromatic rings. The van der Waals surface area contributed by atoms with Crippen molar-refractivity contribution in [2.75, 3.05) is 18.4 Å². The lowest BCUT2D eigenvalue weighted by Gasteiger charge is -2.30. The highest BCUT2D eigenvalue weighted by molar-refractivity contribution is 7.89. The Hall–Kier alpha value is -3.26. The van der Waals surface area contributed by atoms with Crippen LogP contribution in [-0.2, 0) is 14.8 Å². The molecule has 2 heterocycles. The number of rotatable bonds is 6. The third-order valence-electron chi connectivity index (χ3n) is 4.76. The fraction of sp³-hybridized carbons (Fsp3) is 0.333. The molecule has 0 aliphatic carbocycles. The molecule has 0 unspecified atom stereocenters. The molecule has 0 bridgehead atoms. The van der Waals surface area contributed by atoms with Gasteiger partial charge < -0.3 is 10.1 Å². The Balaban J connectivity index is 1.66. The first-order chi connectivity index (χ1) is 15.0. The summed E-state index contributed by atoms with van der Waals surface area (Å²) in [7, 11) is -4.11. The molecule has 0 radical (unpaired) electrons. The number of ether oxygens (including phenoxy) is 1. The van der Waals surface area contributed by atoms with Gasteiger partial charge in [0, 0.05) is 31.3 Å². The first-order valence-electron chi connectivity index (χ1n) is 9.22. The summed E-state index contributed by atoms with van der Waals surface area (Å²) in [6, 6.07) is 5.34. The summed E-state index contributed by atoms with van der Waals surface area (Å²) in [6.45, 7) is -0.105. The predicted octanol–water partition coefficient (Wildman–Crippen LogP) is 2.93. The summed E-state index contributed by atoms with van der Waals surface area (Å²) >= 11 is 0. The highest BCUT2D eigenvalue weighted by atomic mass is 32.2. The van der Waals surface area contributed by atoms with Gasteiger partial charge in [0.25, 0.3) is 0 Å². The molecule has 1 aliphatic heterocycles. The molecule has 1 amide bonds. The van der Waals surface area contributed by atoms with Gasteiger partial charge in [-0.25, -0.2) is 8.42 Å². The summed E-state index contributed by atoms with van der Waals surface area (Å²) in [5.41, 5.74) is -0.395. The molecular formula is C18H17F3N4O6S. The number of amides is 1. The van der Waals surface area contributed by atoms with E-state index in [1.54, 1.807) is 0 Å². The summed E-state index contributed by atoms with van der Waals surface area (Å²) in [6.07, 6.45) is -2.42. The van der Waals surface area contributed by atoms with E-state index in [0.29, 0.717) is 0 Å². The van der Waals surface area contributed by atoms with Crippen molar-refractivity contribution in [3.63, 3.8) is 0 Å². The molecule has 1 N–H and O–H groups in total. The Kier molecular flexibility index (Phi) is 6.64. The fourth-order valence-corrected chi connectivity index (χ4v) is 4.72. The van der Waals surface area contributed by atoms with E-state index in [1.165, 1.54) is 12.3 Å². The van der Waals surface area contributed by atoms with Gasteiger partial charge in [-0.15, -0.1) is 13.2 Å². The number of carbonyl (C=O) groups is 1. The standard InChI is InChI=1S/C18H17F3N4O6S/c19-18(20,21)31-13-2-1-3-14(10-13)32(29,30)24-8-5-12(6-9-24)17(26)23-15-4-7-22-11-16(15)25(27)28/h1-4,7,10-12H,5-6,8-9H2,(H,22,23,26). The average Bonchev–Trinajstić information content (AvgIpc) is 2.73. The van der Waals surface area contributed by atoms with E-state index >= 15 is 0 Å². The highest BCUT2D eigenvalue weighted by Gasteiger charge is 2.34. The lowest BCUT2D eigenvalue weighted by Crippen LogP contribution is -2.41. The van der Waals surface area contributed by atoms with Crippen molar-refractivity contribution >= 4 is 27.3 Å². The molecule has 14 heteroatoms. The van der Waals surface area contributed by atoms with E-state index in [2.05, 4.69) is 15.0 Å². The SMILES string of the molecule is O=C(Nc1ccncc1[N+](=O)[O-])C1CCN(S(=O)(=O)c2cccc(OC(F)(F)F)c2)CC1. The van der Waals surface area contributed by atoms with Gasteiger partial charge in [0.15, 0.2) is 0 Å². The van der Waals surface area contributed by atoms with Crippen LogP contribution >= 0.6 is 0 Å². The lowest BCUT2D eigenvalue weighted by molar-refractivity contribution is -0.384. The molecule has 32 heavy (non-hydrogen) atoms. The van der Waals surface area contributed by atoms with Gasteiger partial charge in [-0.2, -0.15) is 4.31 Å². The number of hydrogen-bond donors (Lipinski definition) is 1. The second-order valence-corrected chi connectivity index (χ2v) is 8.78. The van der Waals surface area contributed by atoms with Crippen molar-refractivity contribution in [2.24, 2.45) is 5.92 Å². The first-order valence-corrected chi connectivity index (χ1v) is 10.7. The number of halogens is 3. The fourth-order valence-electron chi connectivity index (χ4n) is 3.21. The van der Waals surface area contributed by atoms with Gasteiger partial charge in [0.1, 0.15) is 17.6 Å². The van der Waals surface area contributed by atoms with Gasteiger partial charge >= 0.3 is 12.0 Å². The van der Waals surface area contributed by atoms with Crippen molar-refractivity contribution in [3.8, 4) is 5.75 Å². The molecule has 1 aromatic carbocycles. The Morgan fingerprint density at radius 3 is 2.56 bits per heavy atom. The highest BCUT2D eigenvalue weighted by Crippen LogP contribution is 2.29. The monoisotopic (exact) mass is 474 g/mol. The van der Waals surface area contributed by atoms with Crippen LogP contribution in [0.2, 0.25) is 0 Å². The number of aromatic nitrogens is 1. The predicted molar refractivity (Wildman–Crippen MR) is 104 cm³/mol. The van der Waals surface area contributed by atoms with Gasteiger partial charge in [-0.3, -0.25) is 19.9 Å². The van der Waals surface area contributed by atoms with E-state index < -0.39 is 38.9 Å². The van der Waals surface area contributed by atoms with Crippen molar-refractivity contribution in [3.05, 3.63) is 52.8 Å². The molecule has 1 fully saturated rings. The molecule has 0 saturated carbocycles. The second-order valence-electron chi connectivity index (χ2n) is 6.84. The topological polar surface area (TPSA) is 132 Å². The van der Waals surface area contributed by atoms with Crippen molar-refractivity contribution in [2.45, 2.75) is 24.1 Å². The van der Waals surface area contributed by atoms with Crippen molar-refractivity contribution in [1.82, 2.24) is 9.29 Å². The van der Waals surface area contributed by atoms with Crippen LogP contribution in [0.1, 0.15) is 12.8 Å². The van der Waals surface area contributed by atoms with Crippen LogP contribution in [-0.4, -0.2) is 48.0 Å². The van der Waals surface area contributed by atoms with Crippen LogP contribution in [0.15, 0.2) is 47.6 Å². The van der Waals surface area contributed by atoms with Crippen LogP contribution in [0.5, 0.6) is 5.75 Å². The van der Waals surface area contributed by atoms with E-state index in [9.17, 15) is 36.5 Å². The quantitative estimate of drug-likeness (QED) is 0.503. The molecule has 1 aliphatic rings. The summed E-state index contributed by atoms with van der Waals surface area (Å²) in [5, 5.41) is 13.5. The van der Waals surface area contributed by atoms with Crippen LogP contribution in [0, 0.1) is 16.0 Å². The van der Waals surface area contributed by atoms with Crippen LogP contribution in [0.4, 0.5) is 24.5 Å². The molecule has 0 atom stereocenters. The summed E-state index contributed by atoms with van der Waals surface area (Å²) in [4.78, 5) is 26.1. The maximum atomic E-state index is 12.8. The zero-order valence-corrected chi connectivity index (χ0v) is 17.1. The third-order valence-corrected chi connectivity index (χ3v) is 6.65.